The van der Waals surface area contributed by atoms with E-state index in [1.54, 1.807) is 6.07 Å². The maximum absolute atomic E-state index is 12.3. The van der Waals surface area contributed by atoms with Gasteiger partial charge in [-0.2, -0.15) is 0 Å². The highest BCUT2D eigenvalue weighted by molar-refractivity contribution is 7.20. The second kappa shape index (κ2) is 8.37. The van der Waals surface area contributed by atoms with Gasteiger partial charge < -0.3 is 10.2 Å². The number of Topliss-reactive ketones (excluding diaryl/α,β-unsaturated/α-hetero) is 1. The third-order valence-corrected chi connectivity index (χ3v) is 6.52. The van der Waals surface area contributed by atoms with Gasteiger partial charge in [-0.3, -0.25) is 9.59 Å². The lowest BCUT2D eigenvalue weighted by Crippen LogP contribution is -2.44. The fraction of sp³-hybridized carbons (Fsp3) is 0.625. The van der Waals surface area contributed by atoms with Crippen LogP contribution in [0.3, 0.4) is 0 Å². The SMILES string of the molecule is Cl.O=C(CCC(=O)N1CCC2(CCNC2)CC1)c1cc(Cl)sc1Cl. The van der Waals surface area contributed by atoms with Crippen LogP contribution in [0, 0.1) is 5.41 Å². The molecule has 0 atom stereocenters. The van der Waals surface area contributed by atoms with Gasteiger partial charge >= 0.3 is 0 Å². The molecule has 134 valence electrons. The highest BCUT2D eigenvalue weighted by Crippen LogP contribution is 2.37. The smallest absolute Gasteiger partial charge is 0.223 e. The van der Waals surface area contributed by atoms with Gasteiger partial charge in [0.05, 0.1) is 4.34 Å². The summed E-state index contributed by atoms with van der Waals surface area (Å²) in [6.45, 7) is 3.77. The van der Waals surface area contributed by atoms with Crippen molar-refractivity contribution in [2.24, 2.45) is 5.41 Å². The number of piperidine rings is 1. The number of hydrogen-bond donors (Lipinski definition) is 1. The molecule has 4 nitrogen and oxygen atoms in total. The molecule has 0 aromatic carbocycles. The average molecular weight is 412 g/mol. The zero-order valence-electron chi connectivity index (χ0n) is 13.3. The third-order valence-electron chi connectivity index (χ3n) is 5.03. The largest absolute Gasteiger partial charge is 0.343 e. The molecule has 1 aromatic heterocycles. The molecule has 1 spiro atoms. The van der Waals surface area contributed by atoms with Crippen LogP contribution >= 0.6 is 46.9 Å². The maximum Gasteiger partial charge on any atom is 0.223 e. The summed E-state index contributed by atoms with van der Waals surface area (Å²) in [7, 11) is 0. The Labute approximate surface area is 162 Å². The third kappa shape index (κ3) is 4.44. The summed E-state index contributed by atoms with van der Waals surface area (Å²) in [6, 6.07) is 1.58. The molecule has 3 rings (SSSR count). The molecule has 0 aliphatic carbocycles. The van der Waals surface area contributed by atoms with Crippen molar-refractivity contribution in [3.63, 3.8) is 0 Å². The van der Waals surface area contributed by atoms with Gasteiger partial charge in [-0.1, -0.05) is 23.2 Å². The van der Waals surface area contributed by atoms with E-state index in [-0.39, 0.29) is 36.9 Å². The minimum Gasteiger partial charge on any atom is -0.343 e. The van der Waals surface area contributed by atoms with Gasteiger partial charge in [0.1, 0.15) is 4.34 Å². The number of likely N-dealkylation sites (tertiary alicyclic amines) is 1. The van der Waals surface area contributed by atoms with Crippen LogP contribution in [0.25, 0.3) is 0 Å². The number of carbonyl (C=O) groups is 2. The molecule has 2 saturated heterocycles. The number of hydrogen-bond acceptors (Lipinski definition) is 4. The summed E-state index contributed by atoms with van der Waals surface area (Å²) in [4.78, 5) is 26.4. The first kappa shape index (κ1) is 20.0. The number of nitrogens with one attached hydrogen (secondary N) is 1. The van der Waals surface area contributed by atoms with Crippen molar-refractivity contribution in [1.82, 2.24) is 10.2 Å². The van der Waals surface area contributed by atoms with Crippen LogP contribution in [0.1, 0.15) is 42.5 Å². The Hall–Kier alpha value is -0.330. The van der Waals surface area contributed by atoms with Crippen molar-refractivity contribution in [3.8, 4) is 0 Å². The van der Waals surface area contributed by atoms with E-state index in [4.69, 9.17) is 23.2 Å². The van der Waals surface area contributed by atoms with Gasteiger partial charge in [0.15, 0.2) is 5.78 Å². The lowest BCUT2D eigenvalue weighted by Gasteiger charge is -2.38. The van der Waals surface area contributed by atoms with E-state index in [2.05, 4.69) is 5.32 Å². The van der Waals surface area contributed by atoms with E-state index < -0.39 is 0 Å². The maximum atomic E-state index is 12.3. The number of halogens is 3. The van der Waals surface area contributed by atoms with Crippen LogP contribution in [0.5, 0.6) is 0 Å². The highest BCUT2D eigenvalue weighted by Gasteiger charge is 2.37. The second-order valence-corrected chi connectivity index (χ2v) is 8.75. The molecule has 0 bridgehead atoms. The number of nitrogens with zero attached hydrogens (tertiary/aromatic N) is 1. The van der Waals surface area contributed by atoms with Crippen LogP contribution in [0.15, 0.2) is 6.07 Å². The number of thiophene rings is 1. The van der Waals surface area contributed by atoms with E-state index >= 15 is 0 Å². The minimum atomic E-state index is -0.111. The van der Waals surface area contributed by atoms with E-state index in [1.807, 2.05) is 4.90 Å². The van der Waals surface area contributed by atoms with Gasteiger partial charge in [0, 0.05) is 38.0 Å². The van der Waals surface area contributed by atoms with Crippen molar-refractivity contribution in [1.29, 1.82) is 0 Å². The molecule has 0 saturated carbocycles. The van der Waals surface area contributed by atoms with Gasteiger partial charge in [-0.15, -0.1) is 23.7 Å². The first-order valence-corrected chi connectivity index (χ1v) is 9.53. The van der Waals surface area contributed by atoms with Gasteiger partial charge in [0.25, 0.3) is 0 Å². The molecule has 1 N–H and O–H groups in total. The van der Waals surface area contributed by atoms with Crippen LogP contribution < -0.4 is 5.32 Å². The molecule has 0 unspecified atom stereocenters. The van der Waals surface area contributed by atoms with E-state index in [0.29, 0.717) is 19.7 Å². The predicted molar refractivity (Wildman–Crippen MR) is 101 cm³/mol. The molecule has 1 aromatic rings. The van der Waals surface area contributed by atoms with Crippen molar-refractivity contribution < 1.29 is 9.59 Å². The molecule has 2 aliphatic rings. The molecule has 0 radical (unpaired) electrons. The number of carbonyl (C=O) groups excluding carboxylic acids is 2. The molecule has 2 aliphatic heterocycles. The average Bonchev–Trinajstić information content (AvgIpc) is 3.12. The molecule has 24 heavy (non-hydrogen) atoms. The predicted octanol–water partition coefficient (Wildman–Crippen LogP) is 4.04. The first-order chi connectivity index (χ1) is 11.0. The summed E-state index contributed by atoms with van der Waals surface area (Å²) in [5, 5.41) is 3.42. The van der Waals surface area contributed by atoms with Crippen molar-refractivity contribution >= 4 is 58.6 Å². The molecular formula is C16H21Cl3N2O2S. The van der Waals surface area contributed by atoms with Crippen molar-refractivity contribution in [2.75, 3.05) is 26.2 Å². The zero-order chi connectivity index (χ0) is 16.4. The van der Waals surface area contributed by atoms with Crippen LogP contribution in [-0.4, -0.2) is 42.8 Å². The topological polar surface area (TPSA) is 49.4 Å². The van der Waals surface area contributed by atoms with Gasteiger partial charge in [-0.25, -0.2) is 0 Å². The Balaban J connectivity index is 0.00000208. The van der Waals surface area contributed by atoms with E-state index in [0.717, 1.165) is 39.0 Å². The summed E-state index contributed by atoms with van der Waals surface area (Å²) >= 11 is 13.0. The molecule has 2 fully saturated rings. The number of rotatable bonds is 4. The molecular weight excluding hydrogens is 391 g/mol. The van der Waals surface area contributed by atoms with E-state index in [9.17, 15) is 9.59 Å². The first-order valence-electron chi connectivity index (χ1n) is 7.96. The highest BCUT2D eigenvalue weighted by atomic mass is 35.5. The van der Waals surface area contributed by atoms with Gasteiger partial charge in [0.2, 0.25) is 5.91 Å². The fourth-order valence-electron chi connectivity index (χ4n) is 3.50. The minimum absolute atomic E-state index is 0. The number of amides is 1. The summed E-state index contributed by atoms with van der Waals surface area (Å²) in [5.41, 5.74) is 0.831. The lowest BCUT2D eigenvalue weighted by molar-refractivity contribution is -0.133. The summed E-state index contributed by atoms with van der Waals surface area (Å²) < 4.78 is 0.900. The van der Waals surface area contributed by atoms with Crippen LogP contribution in [0.2, 0.25) is 8.67 Å². The summed E-state index contributed by atoms with van der Waals surface area (Å²) in [6.07, 6.45) is 3.77. The Morgan fingerprint density at radius 1 is 1.21 bits per heavy atom. The Bertz CT molecular complexity index is 604. The van der Waals surface area contributed by atoms with Crippen molar-refractivity contribution in [2.45, 2.75) is 32.1 Å². The van der Waals surface area contributed by atoms with E-state index in [1.165, 1.54) is 17.8 Å². The summed E-state index contributed by atoms with van der Waals surface area (Å²) in [5.74, 6) is -0.0448. The van der Waals surface area contributed by atoms with Crippen LogP contribution in [-0.2, 0) is 4.79 Å². The fourth-order valence-corrected chi connectivity index (χ4v) is 5.00. The molecule has 8 heteroatoms. The molecule has 1 amide bonds. The standard InChI is InChI=1S/C16H20Cl2N2O2S.ClH/c17-13-9-11(15(18)23-13)12(21)1-2-14(22)20-7-4-16(5-8-20)3-6-19-10-16;/h9,19H,1-8,10H2;1H. The van der Waals surface area contributed by atoms with Crippen LogP contribution in [0.4, 0.5) is 0 Å². The second-order valence-electron chi connectivity index (χ2n) is 6.47. The molecule has 3 heterocycles. The Kier molecular flexibility index (Phi) is 6.97. The lowest BCUT2D eigenvalue weighted by atomic mass is 9.78. The monoisotopic (exact) mass is 410 g/mol. The Morgan fingerprint density at radius 3 is 2.46 bits per heavy atom. The van der Waals surface area contributed by atoms with Crippen molar-refractivity contribution in [3.05, 3.63) is 20.3 Å². The normalized spacial score (nSPS) is 19.3. The van der Waals surface area contributed by atoms with Gasteiger partial charge in [-0.05, 0) is 37.3 Å². The quantitative estimate of drug-likeness (QED) is 0.761. The Morgan fingerprint density at radius 2 is 1.92 bits per heavy atom. The zero-order valence-corrected chi connectivity index (χ0v) is 16.4. The number of ketones is 1.